The van der Waals surface area contributed by atoms with Gasteiger partial charge in [0.2, 0.25) is 0 Å². The number of anilines is 1. The lowest BCUT2D eigenvalue weighted by Crippen LogP contribution is -2.34. The maximum absolute atomic E-state index is 4.62. The molecule has 2 fully saturated rings. The first-order chi connectivity index (χ1) is 9.24. The predicted molar refractivity (Wildman–Crippen MR) is 74.4 cm³/mol. The Labute approximate surface area is 112 Å². The number of nitrogens with one attached hydrogen (secondary N) is 1. The van der Waals surface area contributed by atoms with E-state index < -0.39 is 0 Å². The molecule has 4 rings (SSSR count). The van der Waals surface area contributed by atoms with Crippen molar-refractivity contribution in [3.05, 3.63) is 24.2 Å². The van der Waals surface area contributed by atoms with Crippen LogP contribution in [-0.2, 0) is 0 Å². The van der Waals surface area contributed by atoms with Gasteiger partial charge in [-0.05, 0) is 31.7 Å². The molecule has 0 aliphatic carbocycles. The molecular formula is C14H19N5. The summed E-state index contributed by atoms with van der Waals surface area (Å²) in [7, 11) is 0. The molecule has 2 aliphatic rings. The lowest BCUT2D eigenvalue weighted by atomic mass is 9.95. The Morgan fingerprint density at radius 2 is 2.26 bits per heavy atom. The number of fused-ring (bicyclic) bond motifs is 2. The molecular weight excluding hydrogens is 238 g/mol. The highest BCUT2D eigenvalue weighted by atomic mass is 15.3. The molecule has 5 nitrogen and oxygen atoms in total. The highest BCUT2D eigenvalue weighted by Gasteiger charge is 2.42. The van der Waals surface area contributed by atoms with Crippen molar-refractivity contribution < 1.29 is 0 Å². The zero-order valence-corrected chi connectivity index (χ0v) is 11.4. The molecule has 1 N–H and O–H groups in total. The van der Waals surface area contributed by atoms with Crippen molar-refractivity contribution in [1.29, 1.82) is 0 Å². The third kappa shape index (κ3) is 1.57. The topological polar surface area (TPSA) is 45.5 Å². The third-order valence-electron chi connectivity index (χ3n) is 4.70. The summed E-state index contributed by atoms with van der Waals surface area (Å²) in [4.78, 5) is 7.09. The van der Waals surface area contributed by atoms with E-state index in [0.29, 0.717) is 6.04 Å². The summed E-state index contributed by atoms with van der Waals surface area (Å²) in [5.41, 5.74) is 2.17. The minimum atomic E-state index is 0.550. The van der Waals surface area contributed by atoms with Crippen LogP contribution in [0.4, 0.5) is 5.82 Å². The Hall–Kier alpha value is -1.62. The monoisotopic (exact) mass is 257 g/mol. The average Bonchev–Trinajstić information content (AvgIpc) is 3.04. The van der Waals surface area contributed by atoms with Crippen molar-refractivity contribution in [2.45, 2.75) is 19.9 Å². The molecule has 4 heterocycles. The number of rotatable bonds is 1. The fourth-order valence-corrected chi connectivity index (χ4v) is 3.70. The van der Waals surface area contributed by atoms with Gasteiger partial charge in [0.25, 0.3) is 0 Å². The molecule has 0 saturated carbocycles. The summed E-state index contributed by atoms with van der Waals surface area (Å²) in [6.45, 7) is 7.75. The van der Waals surface area contributed by atoms with Gasteiger partial charge < -0.3 is 10.2 Å². The third-order valence-corrected chi connectivity index (χ3v) is 4.70. The van der Waals surface area contributed by atoms with E-state index in [1.807, 2.05) is 23.8 Å². The molecule has 19 heavy (non-hydrogen) atoms. The maximum atomic E-state index is 4.62. The van der Waals surface area contributed by atoms with E-state index >= 15 is 0 Å². The largest absolute Gasteiger partial charge is 0.351 e. The molecule has 2 saturated heterocycles. The normalized spacial score (nSPS) is 30.2. The molecule has 2 aromatic rings. The van der Waals surface area contributed by atoms with Crippen molar-refractivity contribution in [2.24, 2.45) is 11.8 Å². The van der Waals surface area contributed by atoms with Crippen LogP contribution < -0.4 is 10.2 Å². The van der Waals surface area contributed by atoms with Crippen molar-refractivity contribution in [3.8, 4) is 0 Å². The van der Waals surface area contributed by atoms with E-state index in [4.69, 9.17) is 0 Å². The zero-order chi connectivity index (χ0) is 13.0. The van der Waals surface area contributed by atoms with Crippen molar-refractivity contribution >= 4 is 11.3 Å². The second-order valence-corrected chi connectivity index (χ2v) is 5.84. The number of hydrogen-bond acceptors (Lipinski definition) is 4. The van der Waals surface area contributed by atoms with E-state index in [9.17, 15) is 0 Å². The minimum Gasteiger partial charge on any atom is -0.351 e. The van der Waals surface area contributed by atoms with Crippen molar-refractivity contribution in [1.82, 2.24) is 19.9 Å². The SMILES string of the molecule is Cc1cc2c(N3CC4CNCC4C3C)nccn2n1. The summed E-state index contributed by atoms with van der Waals surface area (Å²) in [6, 6.07) is 2.68. The lowest BCUT2D eigenvalue weighted by molar-refractivity contribution is 0.471. The van der Waals surface area contributed by atoms with Gasteiger partial charge in [0, 0.05) is 38.1 Å². The molecule has 0 spiro atoms. The van der Waals surface area contributed by atoms with E-state index in [0.717, 1.165) is 48.5 Å². The van der Waals surface area contributed by atoms with Crippen LogP contribution in [0.5, 0.6) is 0 Å². The fourth-order valence-electron chi connectivity index (χ4n) is 3.70. The number of nitrogens with zero attached hydrogens (tertiary/aromatic N) is 4. The van der Waals surface area contributed by atoms with Gasteiger partial charge in [0.15, 0.2) is 5.82 Å². The summed E-state index contributed by atoms with van der Waals surface area (Å²) in [5, 5.41) is 7.98. The number of aromatic nitrogens is 3. The van der Waals surface area contributed by atoms with Crippen LogP contribution >= 0.6 is 0 Å². The minimum absolute atomic E-state index is 0.550. The van der Waals surface area contributed by atoms with Crippen LogP contribution in [0.25, 0.3) is 5.52 Å². The van der Waals surface area contributed by atoms with Gasteiger partial charge in [0.05, 0.1) is 5.69 Å². The molecule has 2 aromatic heterocycles. The second-order valence-electron chi connectivity index (χ2n) is 5.84. The van der Waals surface area contributed by atoms with E-state index in [-0.39, 0.29) is 0 Å². The summed E-state index contributed by atoms with van der Waals surface area (Å²) in [6.07, 6.45) is 3.78. The molecule has 3 unspecified atom stereocenters. The standard InChI is InChI=1S/C14H19N5/c1-9-5-13-14(16-3-4-19(13)17-9)18-8-11-6-15-7-12(11)10(18)2/h3-5,10-12,15H,6-8H2,1-2H3. The molecule has 0 aromatic carbocycles. The Morgan fingerprint density at radius 3 is 3.11 bits per heavy atom. The molecule has 2 aliphatic heterocycles. The smallest absolute Gasteiger partial charge is 0.154 e. The summed E-state index contributed by atoms with van der Waals surface area (Å²) in [5.74, 6) is 2.61. The predicted octanol–water partition coefficient (Wildman–Crippen LogP) is 1.08. The van der Waals surface area contributed by atoms with E-state index in [2.05, 4.69) is 33.3 Å². The molecule has 0 amide bonds. The van der Waals surface area contributed by atoms with Gasteiger partial charge in [-0.15, -0.1) is 0 Å². The van der Waals surface area contributed by atoms with Gasteiger partial charge in [-0.3, -0.25) is 0 Å². The van der Waals surface area contributed by atoms with Crippen LogP contribution in [0.3, 0.4) is 0 Å². The van der Waals surface area contributed by atoms with Crippen LogP contribution in [-0.4, -0.2) is 40.3 Å². The first-order valence-corrected chi connectivity index (χ1v) is 7.02. The van der Waals surface area contributed by atoms with Gasteiger partial charge in [-0.25, -0.2) is 9.50 Å². The highest BCUT2D eigenvalue weighted by molar-refractivity contribution is 5.70. The van der Waals surface area contributed by atoms with Crippen LogP contribution in [0.1, 0.15) is 12.6 Å². The number of aryl methyl sites for hydroxylation is 1. The summed E-state index contributed by atoms with van der Waals surface area (Å²) < 4.78 is 1.94. The first-order valence-electron chi connectivity index (χ1n) is 7.02. The van der Waals surface area contributed by atoms with Gasteiger partial charge in [-0.2, -0.15) is 5.10 Å². The molecule has 0 bridgehead atoms. The number of hydrogen-bond donors (Lipinski definition) is 1. The van der Waals surface area contributed by atoms with Crippen LogP contribution in [0.2, 0.25) is 0 Å². The van der Waals surface area contributed by atoms with Gasteiger partial charge in [-0.1, -0.05) is 0 Å². The van der Waals surface area contributed by atoms with Crippen LogP contribution in [0, 0.1) is 18.8 Å². The first kappa shape index (κ1) is 11.2. The van der Waals surface area contributed by atoms with E-state index in [1.165, 1.54) is 0 Å². The fraction of sp³-hybridized carbons (Fsp3) is 0.571. The average molecular weight is 257 g/mol. The van der Waals surface area contributed by atoms with Crippen molar-refractivity contribution in [3.63, 3.8) is 0 Å². The Kier molecular flexibility index (Phi) is 2.33. The Bertz CT molecular complexity index is 619. The zero-order valence-electron chi connectivity index (χ0n) is 11.4. The highest BCUT2D eigenvalue weighted by Crippen LogP contribution is 2.36. The molecule has 5 heteroatoms. The second kappa shape index (κ2) is 3.93. The molecule has 100 valence electrons. The molecule has 3 atom stereocenters. The molecule has 0 radical (unpaired) electrons. The van der Waals surface area contributed by atoms with Crippen molar-refractivity contribution in [2.75, 3.05) is 24.5 Å². The van der Waals surface area contributed by atoms with E-state index in [1.54, 1.807) is 0 Å². The van der Waals surface area contributed by atoms with Crippen LogP contribution in [0.15, 0.2) is 18.5 Å². The lowest BCUT2D eigenvalue weighted by Gasteiger charge is -2.25. The quantitative estimate of drug-likeness (QED) is 0.830. The Morgan fingerprint density at radius 1 is 1.37 bits per heavy atom. The van der Waals surface area contributed by atoms with Gasteiger partial charge in [0.1, 0.15) is 5.52 Å². The summed E-state index contributed by atoms with van der Waals surface area (Å²) >= 11 is 0. The Balaban J connectivity index is 1.78. The van der Waals surface area contributed by atoms with Gasteiger partial charge >= 0.3 is 0 Å². The maximum Gasteiger partial charge on any atom is 0.154 e.